The number of nitrogens with one attached hydrogen (secondary N) is 1. The van der Waals surface area contributed by atoms with E-state index in [1.165, 1.54) is 0 Å². The fourth-order valence-electron chi connectivity index (χ4n) is 3.17. The third kappa shape index (κ3) is 4.68. The van der Waals surface area contributed by atoms with Gasteiger partial charge in [0.25, 0.3) is 0 Å². The van der Waals surface area contributed by atoms with Crippen molar-refractivity contribution < 1.29 is 14.3 Å². The van der Waals surface area contributed by atoms with Crippen molar-refractivity contribution in [2.24, 2.45) is 5.92 Å². The molecule has 2 aliphatic heterocycles. The molecule has 1 N–H and O–H groups in total. The molecule has 5 nitrogen and oxygen atoms in total. The molecule has 3 rings (SSSR count). The molecule has 1 aromatic carbocycles. The van der Waals surface area contributed by atoms with E-state index in [1.807, 2.05) is 12.1 Å². The summed E-state index contributed by atoms with van der Waals surface area (Å²) in [6, 6.07) is 6.10. The van der Waals surface area contributed by atoms with Crippen molar-refractivity contribution >= 4 is 21.8 Å². The van der Waals surface area contributed by atoms with Gasteiger partial charge in [-0.2, -0.15) is 0 Å². The van der Waals surface area contributed by atoms with Gasteiger partial charge in [-0.1, -0.05) is 15.9 Å². The maximum Gasteiger partial charge on any atom is 0.224 e. The van der Waals surface area contributed by atoms with Gasteiger partial charge in [0.2, 0.25) is 5.91 Å². The number of nitrogens with zero attached hydrogens (tertiary/aromatic N) is 1. The van der Waals surface area contributed by atoms with Gasteiger partial charge in [0.05, 0.1) is 19.1 Å². The lowest BCUT2D eigenvalue weighted by Gasteiger charge is -2.32. The molecule has 2 heterocycles. The molecule has 0 aromatic heterocycles. The number of benzene rings is 1. The first-order chi connectivity index (χ1) is 11.2. The number of carbonyl (C=O) groups excluding carboxylic acids is 1. The molecule has 0 saturated carbocycles. The van der Waals surface area contributed by atoms with Gasteiger partial charge < -0.3 is 14.8 Å². The highest BCUT2D eigenvalue weighted by Crippen LogP contribution is 2.27. The van der Waals surface area contributed by atoms with Gasteiger partial charge in [0, 0.05) is 29.7 Å². The second-order valence-electron chi connectivity index (χ2n) is 6.08. The average Bonchev–Trinajstić information content (AvgIpc) is 2.55. The third-order valence-electron chi connectivity index (χ3n) is 4.32. The van der Waals surface area contributed by atoms with Crippen molar-refractivity contribution in [3.63, 3.8) is 0 Å². The third-order valence-corrected chi connectivity index (χ3v) is 4.82. The van der Waals surface area contributed by atoms with Crippen molar-refractivity contribution in [1.82, 2.24) is 10.2 Å². The van der Waals surface area contributed by atoms with E-state index in [0.29, 0.717) is 26.4 Å². The van der Waals surface area contributed by atoms with Crippen LogP contribution in [-0.2, 0) is 16.1 Å². The van der Waals surface area contributed by atoms with Crippen LogP contribution in [-0.4, -0.2) is 50.3 Å². The number of piperidine rings is 1. The summed E-state index contributed by atoms with van der Waals surface area (Å²) in [5.41, 5.74) is 1.15. The number of rotatable bonds is 0. The highest BCUT2D eigenvalue weighted by Gasteiger charge is 2.26. The molecular weight excluding hydrogens is 360 g/mol. The minimum atomic E-state index is 0.0724. The summed E-state index contributed by atoms with van der Waals surface area (Å²) in [7, 11) is 0. The Labute approximate surface area is 145 Å². The summed E-state index contributed by atoms with van der Waals surface area (Å²) in [6.07, 6.45) is 2.02. The maximum atomic E-state index is 12.3. The van der Waals surface area contributed by atoms with Gasteiger partial charge >= 0.3 is 0 Å². The van der Waals surface area contributed by atoms with Crippen LogP contribution in [0.15, 0.2) is 22.7 Å². The number of carbonyl (C=O) groups is 1. The normalized spacial score (nSPS) is 26.4. The smallest absolute Gasteiger partial charge is 0.224 e. The molecule has 2 unspecified atom stereocenters. The summed E-state index contributed by atoms with van der Waals surface area (Å²) < 4.78 is 12.4. The van der Waals surface area contributed by atoms with E-state index in [0.717, 1.165) is 48.3 Å². The second kappa shape index (κ2) is 8.13. The van der Waals surface area contributed by atoms with Crippen molar-refractivity contribution in [2.75, 3.05) is 39.5 Å². The first-order valence-electron chi connectivity index (χ1n) is 8.21. The Morgan fingerprint density at radius 1 is 1.26 bits per heavy atom. The van der Waals surface area contributed by atoms with Crippen molar-refractivity contribution in [1.29, 1.82) is 0 Å². The lowest BCUT2D eigenvalue weighted by Crippen LogP contribution is -2.43. The SMILES string of the molecule is O=C1NCCOCCOc2ccc(Br)cc2CN2CCCC1C2. The van der Waals surface area contributed by atoms with Gasteiger partial charge in [-0.05, 0) is 37.6 Å². The summed E-state index contributed by atoms with van der Waals surface area (Å²) in [6.45, 7) is 4.78. The maximum absolute atomic E-state index is 12.3. The largest absolute Gasteiger partial charge is 0.491 e. The second-order valence-corrected chi connectivity index (χ2v) is 6.99. The van der Waals surface area contributed by atoms with Crippen LogP contribution in [0.4, 0.5) is 0 Å². The quantitative estimate of drug-likeness (QED) is 0.746. The highest BCUT2D eigenvalue weighted by atomic mass is 79.9. The monoisotopic (exact) mass is 382 g/mol. The first-order valence-corrected chi connectivity index (χ1v) is 9.01. The summed E-state index contributed by atoms with van der Waals surface area (Å²) in [4.78, 5) is 14.6. The standard InChI is InChI=1S/C17H23BrN2O3/c18-15-3-4-16-14(10-15)12-20-6-1-2-13(11-20)17(21)19-5-7-22-8-9-23-16/h3-4,10,13H,1-2,5-9,11-12H2,(H,19,21). The molecule has 1 aromatic rings. The Balaban J connectivity index is 1.78. The Kier molecular flexibility index (Phi) is 5.91. The molecule has 2 atom stereocenters. The van der Waals surface area contributed by atoms with Crippen molar-refractivity contribution in [3.05, 3.63) is 28.2 Å². The van der Waals surface area contributed by atoms with Gasteiger partial charge in [-0.3, -0.25) is 9.69 Å². The molecule has 0 radical (unpaired) electrons. The topological polar surface area (TPSA) is 50.8 Å². The zero-order valence-electron chi connectivity index (χ0n) is 13.2. The first kappa shape index (κ1) is 16.7. The minimum absolute atomic E-state index is 0.0724. The number of halogens is 1. The van der Waals surface area contributed by atoms with E-state index in [1.54, 1.807) is 0 Å². The Hall–Kier alpha value is -1.11. The number of hydrogen-bond donors (Lipinski definition) is 1. The lowest BCUT2D eigenvalue weighted by atomic mass is 9.96. The van der Waals surface area contributed by atoms with E-state index >= 15 is 0 Å². The summed E-state index contributed by atoms with van der Waals surface area (Å²) in [5, 5.41) is 2.98. The summed E-state index contributed by atoms with van der Waals surface area (Å²) in [5.74, 6) is 1.13. The molecule has 1 saturated heterocycles. The van der Waals surface area contributed by atoms with Crippen LogP contribution in [0.25, 0.3) is 0 Å². The molecule has 0 spiro atoms. The number of amides is 1. The number of hydrogen-bond acceptors (Lipinski definition) is 4. The molecule has 23 heavy (non-hydrogen) atoms. The van der Waals surface area contributed by atoms with Crippen LogP contribution in [0.2, 0.25) is 0 Å². The Morgan fingerprint density at radius 2 is 2.17 bits per heavy atom. The molecule has 2 aliphatic rings. The Morgan fingerprint density at radius 3 is 3.09 bits per heavy atom. The van der Waals surface area contributed by atoms with Gasteiger partial charge in [0.1, 0.15) is 12.4 Å². The van der Waals surface area contributed by atoms with Gasteiger partial charge in [-0.25, -0.2) is 0 Å². The van der Waals surface area contributed by atoms with E-state index in [9.17, 15) is 4.79 Å². The predicted octanol–water partition coefficient (Wildman–Crippen LogP) is 2.19. The summed E-state index contributed by atoms with van der Waals surface area (Å²) >= 11 is 3.54. The van der Waals surface area contributed by atoms with E-state index in [4.69, 9.17) is 9.47 Å². The zero-order valence-corrected chi connectivity index (χ0v) is 14.8. The minimum Gasteiger partial charge on any atom is -0.491 e. The van der Waals surface area contributed by atoms with Crippen LogP contribution in [0.1, 0.15) is 18.4 Å². The fraction of sp³-hybridized carbons (Fsp3) is 0.588. The van der Waals surface area contributed by atoms with Crippen LogP contribution in [0.5, 0.6) is 5.75 Å². The van der Waals surface area contributed by atoms with E-state index < -0.39 is 0 Å². The average molecular weight is 383 g/mol. The van der Waals surface area contributed by atoms with Crippen LogP contribution in [0.3, 0.4) is 0 Å². The zero-order chi connectivity index (χ0) is 16.1. The molecule has 2 bridgehead atoms. The fourth-order valence-corrected chi connectivity index (χ4v) is 3.58. The number of ether oxygens (including phenoxy) is 2. The van der Waals surface area contributed by atoms with Crippen molar-refractivity contribution in [3.8, 4) is 5.75 Å². The van der Waals surface area contributed by atoms with E-state index in [2.05, 4.69) is 32.2 Å². The van der Waals surface area contributed by atoms with Crippen molar-refractivity contribution in [2.45, 2.75) is 19.4 Å². The van der Waals surface area contributed by atoms with E-state index in [-0.39, 0.29) is 11.8 Å². The van der Waals surface area contributed by atoms with Crippen LogP contribution < -0.4 is 10.1 Å². The molecular formula is C17H23BrN2O3. The van der Waals surface area contributed by atoms with Gasteiger partial charge in [0.15, 0.2) is 0 Å². The molecule has 1 fully saturated rings. The highest BCUT2D eigenvalue weighted by molar-refractivity contribution is 9.10. The Bertz CT molecular complexity index is 553. The molecule has 0 aliphatic carbocycles. The van der Waals surface area contributed by atoms with Crippen LogP contribution in [0, 0.1) is 5.92 Å². The molecule has 126 valence electrons. The molecule has 1 amide bonds. The molecule has 6 heteroatoms. The number of fused-ring (bicyclic) bond motifs is 3. The predicted molar refractivity (Wildman–Crippen MR) is 91.5 cm³/mol. The lowest BCUT2D eigenvalue weighted by molar-refractivity contribution is -0.127. The van der Waals surface area contributed by atoms with Gasteiger partial charge in [-0.15, -0.1) is 0 Å². The van der Waals surface area contributed by atoms with Crippen LogP contribution >= 0.6 is 15.9 Å².